The van der Waals surface area contributed by atoms with Crippen molar-refractivity contribution in [2.24, 2.45) is 5.92 Å². The van der Waals surface area contributed by atoms with Gasteiger partial charge in [0.25, 0.3) is 0 Å². The van der Waals surface area contributed by atoms with Crippen molar-refractivity contribution in [1.82, 2.24) is 0 Å². The molecule has 0 heterocycles. The Labute approximate surface area is 231 Å². The van der Waals surface area contributed by atoms with Crippen LogP contribution in [-0.4, -0.2) is 18.2 Å². The fourth-order valence-electron chi connectivity index (χ4n) is 6.13. The van der Waals surface area contributed by atoms with Crippen LogP contribution in [0, 0.1) is 11.7 Å². The molecule has 0 saturated heterocycles. The van der Waals surface area contributed by atoms with Crippen molar-refractivity contribution in [2.45, 2.75) is 82.7 Å². The fraction of sp³-hybridized carbons (Fsp3) is 0.441. The summed E-state index contributed by atoms with van der Waals surface area (Å²) in [6.45, 7) is 0.400. The number of carbonyl (C=O) groups is 1. The number of ether oxygens (including phenoxy) is 2. The molecule has 0 radical (unpaired) electrons. The van der Waals surface area contributed by atoms with Crippen LogP contribution in [0.1, 0.15) is 92.7 Å². The Balaban J connectivity index is 1.41. The minimum Gasteiger partial charge on any atom is -0.497 e. The van der Waals surface area contributed by atoms with Gasteiger partial charge in [0.15, 0.2) is 0 Å². The summed E-state index contributed by atoms with van der Waals surface area (Å²) in [7, 11) is 1.61. The van der Waals surface area contributed by atoms with Crippen molar-refractivity contribution >= 4 is 5.97 Å². The Kier molecular flexibility index (Phi) is 8.85. The quantitative estimate of drug-likeness (QED) is 0.284. The number of carboxylic acids is 1. The molecule has 2 saturated carbocycles. The summed E-state index contributed by atoms with van der Waals surface area (Å²) in [4.78, 5) is 11.4. The molecule has 1 atom stereocenters. The minimum absolute atomic E-state index is 0.0361. The van der Waals surface area contributed by atoms with Gasteiger partial charge in [0.05, 0.1) is 13.5 Å². The predicted octanol–water partition coefficient (Wildman–Crippen LogP) is 8.88. The van der Waals surface area contributed by atoms with Crippen LogP contribution in [0.2, 0.25) is 0 Å². The van der Waals surface area contributed by atoms with Crippen LogP contribution < -0.4 is 9.47 Å². The van der Waals surface area contributed by atoms with Gasteiger partial charge in [-0.25, -0.2) is 4.39 Å². The maximum Gasteiger partial charge on any atom is 0.303 e. The highest BCUT2D eigenvalue weighted by Gasteiger charge is 2.33. The molecule has 0 aromatic heterocycles. The Morgan fingerprint density at radius 1 is 0.897 bits per heavy atom. The summed E-state index contributed by atoms with van der Waals surface area (Å²) in [6, 6.07) is 19.1. The lowest BCUT2D eigenvalue weighted by atomic mass is 9.81. The van der Waals surface area contributed by atoms with Crippen LogP contribution in [0.5, 0.6) is 11.5 Å². The number of rotatable bonds is 10. The van der Waals surface area contributed by atoms with Gasteiger partial charge in [-0.05, 0) is 96.0 Å². The molecule has 0 spiro atoms. The second-order valence-corrected chi connectivity index (χ2v) is 11.2. The lowest BCUT2D eigenvalue weighted by molar-refractivity contribution is -0.137. The Hall–Kier alpha value is -3.34. The van der Waals surface area contributed by atoms with E-state index in [1.807, 2.05) is 36.4 Å². The van der Waals surface area contributed by atoms with Crippen LogP contribution >= 0.6 is 0 Å². The van der Waals surface area contributed by atoms with Gasteiger partial charge >= 0.3 is 5.97 Å². The van der Waals surface area contributed by atoms with E-state index in [9.17, 15) is 9.90 Å². The summed E-state index contributed by atoms with van der Waals surface area (Å²) in [5.74, 6) is 1.27. The van der Waals surface area contributed by atoms with Crippen molar-refractivity contribution in [3.8, 4) is 22.6 Å². The third kappa shape index (κ3) is 7.00. The lowest BCUT2D eigenvalue weighted by Gasteiger charge is -2.24. The molecular formula is C34H39FO4. The number of methoxy groups -OCH3 is 1. The summed E-state index contributed by atoms with van der Waals surface area (Å²) in [5.41, 5.74) is 4.79. The standard InChI is InChI=1S/C34H39FO4/c1-38-27-15-17-33(35)32(20-27)29-16-12-23(18-31(29)24-8-5-3-2-4-6-9-24)22-39-28-11-7-10-26(19-28)30(21-34(36)37)25-13-14-25/h7,10-12,15-20,24-25,30H,2-6,8-9,13-14,21-22H2,1H3,(H,36,37)/t30-/m0/s1. The summed E-state index contributed by atoms with van der Waals surface area (Å²) in [5, 5.41) is 9.40. The fourth-order valence-corrected chi connectivity index (χ4v) is 6.13. The van der Waals surface area contributed by atoms with E-state index in [0.717, 1.165) is 48.1 Å². The highest BCUT2D eigenvalue weighted by atomic mass is 19.1. The van der Waals surface area contributed by atoms with E-state index in [4.69, 9.17) is 9.47 Å². The minimum atomic E-state index is -0.757. The van der Waals surface area contributed by atoms with Crippen molar-refractivity contribution in [2.75, 3.05) is 7.11 Å². The van der Waals surface area contributed by atoms with Gasteiger partial charge in [0, 0.05) is 5.56 Å². The number of halogens is 1. The van der Waals surface area contributed by atoms with E-state index < -0.39 is 5.97 Å². The molecule has 5 rings (SSSR count). The van der Waals surface area contributed by atoms with Gasteiger partial charge in [-0.1, -0.05) is 62.4 Å². The zero-order chi connectivity index (χ0) is 27.2. The zero-order valence-electron chi connectivity index (χ0n) is 22.8. The largest absolute Gasteiger partial charge is 0.497 e. The van der Waals surface area contributed by atoms with E-state index >= 15 is 4.39 Å². The zero-order valence-corrected chi connectivity index (χ0v) is 22.8. The van der Waals surface area contributed by atoms with Crippen LogP contribution in [0.15, 0.2) is 60.7 Å². The van der Waals surface area contributed by atoms with Crippen LogP contribution in [0.4, 0.5) is 4.39 Å². The highest BCUT2D eigenvalue weighted by molar-refractivity contribution is 5.71. The van der Waals surface area contributed by atoms with Gasteiger partial charge < -0.3 is 14.6 Å². The Morgan fingerprint density at radius 3 is 2.38 bits per heavy atom. The number of aliphatic carboxylic acids is 1. The van der Waals surface area contributed by atoms with E-state index in [1.54, 1.807) is 19.2 Å². The first-order chi connectivity index (χ1) is 19.0. The Bertz CT molecular complexity index is 1270. The van der Waals surface area contributed by atoms with Crippen LogP contribution in [-0.2, 0) is 11.4 Å². The molecule has 1 N–H and O–H groups in total. The lowest BCUT2D eigenvalue weighted by Crippen LogP contribution is -2.09. The van der Waals surface area contributed by atoms with Gasteiger partial charge in [-0.2, -0.15) is 0 Å². The van der Waals surface area contributed by atoms with E-state index in [0.29, 0.717) is 29.8 Å². The number of benzene rings is 3. The van der Waals surface area contributed by atoms with E-state index in [-0.39, 0.29) is 18.2 Å². The summed E-state index contributed by atoms with van der Waals surface area (Å²) >= 11 is 0. The number of hydrogen-bond acceptors (Lipinski definition) is 3. The number of carboxylic acid groups (broad SMARTS) is 1. The van der Waals surface area contributed by atoms with Crippen molar-refractivity contribution in [3.63, 3.8) is 0 Å². The second kappa shape index (κ2) is 12.7. The van der Waals surface area contributed by atoms with E-state index in [2.05, 4.69) is 6.07 Å². The smallest absolute Gasteiger partial charge is 0.303 e. The normalized spacial score (nSPS) is 17.2. The molecule has 0 amide bonds. The van der Waals surface area contributed by atoms with Gasteiger partial charge in [-0.3, -0.25) is 4.79 Å². The SMILES string of the molecule is COc1ccc(F)c(-c2ccc(COc3cccc([C@@H](CC(=O)O)C4CC4)c3)cc2C2CCCCCCC2)c1. The van der Waals surface area contributed by atoms with Crippen molar-refractivity contribution in [3.05, 3.63) is 83.2 Å². The molecule has 0 bridgehead atoms. The first kappa shape index (κ1) is 27.2. The molecule has 206 valence electrons. The summed E-state index contributed by atoms with van der Waals surface area (Å²) < 4.78 is 26.7. The molecule has 3 aromatic carbocycles. The molecule has 2 aliphatic rings. The highest BCUT2D eigenvalue weighted by Crippen LogP contribution is 2.45. The third-order valence-corrected chi connectivity index (χ3v) is 8.40. The second-order valence-electron chi connectivity index (χ2n) is 11.2. The first-order valence-corrected chi connectivity index (χ1v) is 14.4. The summed E-state index contributed by atoms with van der Waals surface area (Å²) in [6.07, 6.45) is 10.7. The van der Waals surface area contributed by atoms with Gasteiger partial charge in [0.2, 0.25) is 0 Å². The molecule has 39 heavy (non-hydrogen) atoms. The van der Waals surface area contributed by atoms with Gasteiger partial charge in [-0.15, -0.1) is 0 Å². The van der Waals surface area contributed by atoms with E-state index in [1.165, 1.54) is 43.7 Å². The average molecular weight is 531 g/mol. The molecule has 2 aliphatic carbocycles. The maximum absolute atomic E-state index is 15.1. The predicted molar refractivity (Wildman–Crippen MR) is 152 cm³/mol. The molecule has 5 heteroatoms. The Morgan fingerprint density at radius 2 is 1.67 bits per heavy atom. The number of hydrogen-bond donors (Lipinski definition) is 1. The third-order valence-electron chi connectivity index (χ3n) is 8.40. The van der Waals surface area contributed by atoms with Crippen LogP contribution in [0.3, 0.4) is 0 Å². The molecular weight excluding hydrogens is 491 g/mol. The molecule has 4 nitrogen and oxygen atoms in total. The molecule has 0 aliphatic heterocycles. The van der Waals surface area contributed by atoms with Gasteiger partial charge in [0.1, 0.15) is 23.9 Å². The van der Waals surface area contributed by atoms with Crippen molar-refractivity contribution < 1.29 is 23.8 Å². The average Bonchev–Trinajstić information content (AvgIpc) is 3.76. The molecule has 3 aromatic rings. The topological polar surface area (TPSA) is 55.8 Å². The van der Waals surface area contributed by atoms with Crippen LogP contribution in [0.25, 0.3) is 11.1 Å². The van der Waals surface area contributed by atoms with Crippen molar-refractivity contribution in [1.29, 1.82) is 0 Å². The monoisotopic (exact) mass is 530 g/mol. The first-order valence-electron chi connectivity index (χ1n) is 14.4. The maximum atomic E-state index is 15.1. The molecule has 2 fully saturated rings. The molecule has 0 unspecified atom stereocenters.